The molecule has 1 aromatic carbocycles. The lowest BCUT2D eigenvalue weighted by Gasteiger charge is -2.05. The molecule has 15 heavy (non-hydrogen) atoms. The summed E-state index contributed by atoms with van der Waals surface area (Å²) in [6.45, 7) is 0.731. The number of halogens is 1. The van der Waals surface area contributed by atoms with Gasteiger partial charge in [0.15, 0.2) is 0 Å². The molecule has 0 aliphatic rings. The molecular weight excluding hydrogens is 252 g/mol. The predicted octanol–water partition coefficient (Wildman–Crippen LogP) is 3.17. The lowest BCUT2D eigenvalue weighted by atomic mass is 10.2. The van der Waals surface area contributed by atoms with Crippen molar-refractivity contribution in [3.63, 3.8) is 0 Å². The molecule has 0 unspecified atom stereocenters. The maximum atomic E-state index is 8.86. The second-order valence-corrected chi connectivity index (χ2v) is 4.18. The summed E-state index contributed by atoms with van der Waals surface area (Å²) in [5.74, 6) is 0. The summed E-state index contributed by atoms with van der Waals surface area (Å²) in [5.41, 5.74) is 1.87. The maximum Gasteiger partial charge on any atom is 0.120 e. The number of nitriles is 1. The standard InChI is InChI=1S/C12H9BrN2/c13-11-4-1-3-10(7-11)9-15-6-2-5-12(15)8-14/h1-7H,9H2. The van der Waals surface area contributed by atoms with Gasteiger partial charge in [0.1, 0.15) is 11.8 Å². The van der Waals surface area contributed by atoms with Crippen molar-refractivity contribution < 1.29 is 0 Å². The molecular formula is C12H9BrN2. The van der Waals surface area contributed by atoms with Crippen molar-refractivity contribution >= 4 is 15.9 Å². The fourth-order valence-corrected chi connectivity index (χ4v) is 1.93. The van der Waals surface area contributed by atoms with Crippen molar-refractivity contribution in [2.45, 2.75) is 6.54 Å². The van der Waals surface area contributed by atoms with Gasteiger partial charge >= 0.3 is 0 Å². The molecule has 0 amide bonds. The van der Waals surface area contributed by atoms with Crippen LogP contribution in [0.2, 0.25) is 0 Å². The Kier molecular flexibility index (Phi) is 2.89. The zero-order valence-corrected chi connectivity index (χ0v) is 9.61. The highest BCUT2D eigenvalue weighted by Crippen LogP contribution is 2.13. The predicted molar refractivity (Wildman–Crippen MR) is 62.4 cm³/mol. The average Bonchev–Trinajstić information content (AvgIpc) is 2.65. The molecule has 3 heteroatoms. The fourth-order valence-electron chi connectivity index (χ4n) is 1.49. The third kappa shape index (κ3) is 2.28. The van der Waals surface area contributed by atoms with Gasteiger partial charge < -0.3 is 4.57 Å². The van der Waals surface area contributed by atoms with E-state index in [1.54, 1.807) is 0 Å². The van der Waals surface area contributed by atoms with E-state index in [0.717, 1.165) is 11.0 Å². The molecule has 0 atom stereocenters. The molecule has 2 rings (SSSR count). The monoisotopic (exact) mass is 260 g/mol. The van der Waals surface area contributed by atoms with E-state index >= 15 is 0 Å². The first-order valence-electron chi connectivity index (χ1n) is 4.59. The van der Waals surface area contributed by atoms with Crippen LogP contribution in [-0.4, -0.2) is 4.57 Å². The van der Waals surface area contributed by atoms with Gasteiger partial charge in [0.25, 0.3) is 0 Å². The first-order valence-corrected chi connectivity index (χ1v) is 5.38. The van der Waals surface area contributed by atoms with Crippen molar-refractivity contribution in [3.05, 3.63) is 58.3 Å². The summed E-state index contributed by atoms with van der Waals surface area (Å²) in [4.78, 5) is 0. The second kappa shape index (κ2) is 4.33. The van der Waals surface area contributed by atoms with Crippen LogP contribution in [0.1, 0.15) is 11.3 Å². The molecule has 2 aromatic rings. The minimum Gasteiger partial charge on any atom is -0.335 e. The summed E-state index contributed by atoms with van der Waals surface area (Å²) >= 11 is 3.43. The van der Waals surface area contributed by atoms with Gasteiger partial charge in [-0.1, -0.05) is 28.1 Å². The summed E-state index contributed by atoms with van der Waals surface area (Å²) in [6.07, 6.45) is 1.92. The van der Waals surface area contributed by atoms with Crippen molar-refractivity contribution in [3.8, 4) is 6.07 Å². The van der Waals surface area contributed by atoms with Gasteiger partial charge in [-0.2, -0.15) is 5.26 Å². The van der Waals surface area contributed by atoms with Gasteiger partial charge in [0, 0.05) is 17.2 Å². The van der Waals surface area contributed by atoms with E-state index in [1.807, 2.05) is 41.1 Å². The number of rotatable bonds is 2. The minimum atomic E-state index is 0.690. The average molecular weight is 261 g/mol. The number of aromatic nitrogens is 1. The first-order chi connectivity index (χ1) is 7.29. The Bertz CT molecular complexity index is 508. The fraction of sp³-hybridized carbons (Fsp3) is 0.0833. The van der Waals surface area contributed by atoms with Gasteiger partial charge in [0.05, 0.1) is 0 Å². The molecule has 0 saturated heterocycles. The number of benzene rings is 1. The molecule has 0 N–H and O–H groups in total. The highest BCUT2D eigenvalue weighted by Gasteiger charge is 2.00. The quantitative estimate of drug-likeness (QED) is 0.816. The van der Waals surface area contributed by atoms with Crippen LogP contribution < -0.4 is 0 Å². The Morgan fingerprint density at radius 3 is 2.87 bits per heavy atom. The third-order valence-electron chi connectivity index (χ3n) is 2.19. The van der Waals surface area contributed by atoms with Crippen LogP contribution in [0.15, 0.2) is 47.1 Å². The lowest BCUT2D eigenvalue weighted by Crippen LogP contribution is -2.00. The molecule has 0 saturated carbocycles. The Labute approximate surface area is 96.9 Å². The van der Waals surface area contributed by atoms with E-state index in [4.69, 9.17) is 5.26 Å². The van der Waals surface area contributed by atoms with Crippen LogP contribution in [0.4, 0.5) is 0 Å². The van der Waals surface area contributed by atoms with E-state index in [2.05, 4.69) is 28.1 Å². The molecule has 0 aliphatic heterocycles. The molecule has 0 bridgehead atoms. The Morgan fingerprint density at radius 2 is 2.13 bits per heavy atom. The van der Waals surface area contributed by atoms with Crippen LogP contribution in [0, 0.1) is 11.3 Å². The largest absolute Gasteiger partial charge is 0.335 e. The summed E-state index contributed by atoms with van der Waals surface area (Å²) < 4.78 is 2.99. The summed E-state index contributed by atoms with van der Waals surface area (Å²) in [7, 11) is 0. The smallest absolute Gasteiger partial charge is 0.120 e. The molecule has 0 radical (unpaired) electrons. The molecule has 0 aliphatic carbocycles. The Hall–Kier alpha value is -1.53. The van der Waals surface area contributed by atoms with Gasteiger partial charge in [-0.25, -0.2) is 0 Å². The van der Waals surface area contributed by atoms with Crippen molar-refractivity contribution in [1.82, 2.24) is 4.57 Å². The topological polar surface area (TPSA) is 28.7 Å². The number of hydrogen-bond donors (Lipinski definition) is 0. The van der Waals surface area contributed by atoms with Crippen molar-refractivity contribution in [2.75, 3.05) is 0 Å². The van der Waals surface area contributed by atoms with Crippen LogP contribution >= 0.6 is 15.9 Å². The highest BCUT2D eigenvalue weighted by molar-refractivity contribution is 9.10. The van der Waals surface area contributed by atoms with Crippen molar-refractivity contribution in [2.24, 2.45) is 0 Å². The Balaban J connectivity index is 2.26. The van der Waals surface area contributed by atoms with Gasteiger partial charge in [-0.15, -0.1) is 0 Å². The zero-order valence-electron chi connectivity index (χ0n) is 8.02. The zero-order chi connectivity index (χ0) is 10.7. The van der Waals surface area contributed by atoms with E-state index in [0.29, 0.717) is 5.69 Å². The molecule has 74 valence electrons. The van der Waals surface area contributed by atoms with Gasteiger partial charge in [-0.05, 0) is 29.8 Å². The van der Waals surface area contributed by atoms with Crippen LogP contribution in [0.5, 0.6) is 0 Å². The highest BCUT2D eigenvalue weighted by atomic mass is 79.9. The minimum absolute atomic E-state index is 0.690. The Morgan fingerprint density at radius 1 is 1.27 bits per heavy atom. The van der Waals surface area contributed by atoms with E-state index in [9.17, 15) is 0 Å². The molecule has 1 heterocycles. The van der Waals surface area contributed by atoms with Crippen molar-refractivity contribution in [1.29, 1.82) is 5.26 Å². The molecule has 1 aromatic heterocycles. The molecule has 0 spiro atoms. The van der Waals surface area contributed by atoms with E-state index in [1.165, 1.54) is 5.56 Å². The SMILES string of the molecule is N#Cc1cccn1Cc1cccc(Br)c1. The van der Waals surface area contributed by atoms with E-state index in [-0.39, 0.29) is 0 Å². The summed E-state index contributed by atoms with van der Waals surface area (Å²) in [6, 6.07) is 14.0. The van der Waals surface area contributed by atoms with Gasteiger partial charge in [0.2, 0.25) is 0 Å². The van der Waals surface area contributed by atoms with E-state index < -0.39 is 0 Å². The summed E-state index contributed by atoms with van der Waals surface area (Å²) in [5, 5.41) is 8.86. The second-order valence-electron chi connectivity index (χ2n) is 3.26. The first kappa shape index (κ1) is 10.0. The van der Waals surface area contributed by atoms with Crippen LogP contribution in [0.3, 0.4) is 0 Å². The normalized spacial score (nSPS) is 9.87. The lowest BCUT2D eigenvalue weighted by molar-refractivity contribution is 0.793. The number of nitrogens with zero attached hydrogens (tertiary/aromatic N) is 2. The molecule has 2 nitrogen and oxygen atoms in total. The molecule has 0 fully saturated rings. The van der Waals surface area contributed by atoms with Crippen LogP contribution in [0.25, 0.3) is 0 Å². The maximum absolute atomic E-state index is 8.86. The van der Waals surface area contributed by atoms with Crippen LogP contribution in [-0.2, 0) is 6.54 Å². The number of hydrogen-bond acceptors (Lipinski definition) is 1. The van der Waals surface area contributed by atoms with Gasteiger partial charge in [-0.3, -0.25) is 0 Å². The third-order valence-corrected chi connectivity index (χ3v) is 2.68.